The molecule has 0 amide bonds. The number of carbonyl (C=O) groups is 1. The van der Waals surface area contributed by atoms with E-state index in [0.29, 0.717) is 5.56 Å². The first-order valence-electron chi connectivity index (χ1n) is 10.0. The number of fused-ring (bicyclic) bond motifs is 1. The van der Waals surface area contributed by atoms with E-state index in [-0.39, 0.29) is 40.2 Å². The molecule has 0 radical (unpaired) electrons. The molecule has 2 N–H and O–H groups in total. The zero-order chi connectivity index (χ0) is 23.8. The number of rotatable bonds is 7. The topological polar surface area (TPSA) is 126 Å². The van der Waals surface area contributed by atoms with Gasteiger partial charge in [0, 0.05) is 11.6 Å². The highest BCUT2D eigenvalue weighted by molar-refractivity contribution is 7.92. The van der Waals surface area contributed by atoms with Gasteiger partial charge in [-0.15, -0.1) is 5.10 Å². The summed E-state index contributed by atoms with van der Waals surface area (Å²) in [5, 5.41) is 6.63. The van der Waals surface area contributed by atoms with Crippen LogP contribution >= 0.6 is 0 Å². The zero-order valence-corrected chi connectivity index (χ0v) is 18.6. The maximum Gasteiger partial charge on any atom is 0.276 e. The second-order valence-electron chi connectivity index (χ2n) is 7.61. The minimum absolute atomic E-state index is 0.0797. The summed E-state index contributed by atoms with van der Waals surface area (Å²) < 4.78 is 39.9. The summed E-state index contributed by atoms with van der Waals surface area (Å²) in [4.78, 5) is 31.4. The first-order chi connectivity index (χ1) is 15.6. The Balaban J connectivity index is 1.71. The molecule has 2 aromatic carbocycles. The van der Waals surface area contributed by atoms with Gasteiger partial charge in [0.2, 0.25) is 5.78 Å². The number of Topliss-reactive ketones (excluding diaryl/α,β-unsaturated/α-hetero) is 1. The van der Waals surface area contributed by atoms with E-state index in [1.54, 1.807) is 32.0 Å². The largest absolute Gasteiger partial charge is 0.339 e. The van der Waals surface area contributed by atoms with Crippen molar-refractivity contribution in [1.29, 1.82) is 0 Å². The van der Waals surface area contributed by atoms with Crippen molar-refractivity contribution in [3.63, 3.8) is 0 Å². The van der Waals surface area contributed by atoms with E-state index in [9.17, 15) is 22.4 Å². The van der Waals surface area contributed by atoms with Crippen LogP contribution in [0.25, 0.3) is 5.78 Å². The first kappa shape index (κ1) is 22.3. The lowest BCUT2D eigenvalue weighted by Gasteiger charge is -2.14. The zero-order valence-electron chi connectivity index (χ0n) is 17.7. The van der Waals surface area contributed by atoms with Crippen molar-refractivity contribution in [2.45, 2.75) is 30.4 Å². The fourth-order valence-electron chi connectivity index (χ4n) is 3.20. The smallest absolute Gasteiger partial charge is 0.276 e. The van der Waals surface area contributed by atoms with Gasteiger partial charge in [-0.1, -0.05) is 12.1 Å². The maximum absolute atomic E-state index is 13.1. The number of sulfone groups is 1. The van der Waals surface area contributed by atoms with Crippen molar-refractivity contribution >= 4 is 32.9 Å². The van der Waals surface area contributed by atoms with E-state index in [2.05, 4.69) is 20.4 Å². The third kappa shape index (κ3) is 4.53. The number of halogens is 1. The van der Waals surface area contributed by atoms with E-state index in [0.717, 1.165) is 0 Å². The summed E-state index contributed by atoms with van der Waals surface area (Å²) in [6, 6.07) is 12.7. The monoisotopic (exact) mass is 469 g/mol. The number of aromatic amines is 1. The van der Waals surface area contributed by atoms with Crippen LogP contribution < -0.4 is 10.9 Å². The van der Waals surface area contributed by atoms with Gasteiger partial charge >= 0.3 is 0 Å². The predicted molar refractivity (Wildman–Crippen MR) is 120 cm³/mol. The average molecular weight is 469 g/mol. The molecule has 0 saturated heterocycles. The lowest BCUT2D eigenvalue weighted by Crippen LogP contribution is -2.17. The summed E-state index contributed by atoms with van der Waals surface area (Å²) >= 11 is 0. The molecular formula is C22H20FN5O4S. The predicted octanol–water partition coefficient (Wildman–Crippen LogP) is 2.91. The van der Waals surface area contributed by atoms with Crippen LogP contribution in [0, 0.1) is 5.82 Å². The highest BCUT2D eigenvalue weighted by Crippen LogP contribution is 2.27. The number of hydrogen-bond acceptors (Lipinski definition) is 7. The van der Waals surface area contributed by atoms with Gasteiger partial charge in [0.25, 0.3) is 5.56 Å². The first-order valence-corrected chi connectivity index (χ1v) is 11.6. The lowest BCUT2D eigenvalue weighted by atomic mass is 10.1. The Morgan fingerprint density at radius 2 is 1.85 bits per heavy atom. The number of ketones is 1. The molecular weight excluding hydrogens is 449 g/mol. The van der Waals surface area contributed by atoms with Crippen LogP contribution in [0.5, 0.6) is 0 Å². The molecule has 0 atom stereocenters. The standard InChI is InChI=1S/C22H20FN5O4S/c1-13(2)33(31,32)18-6-4-3-5-16(18)24-20-12-21(30)26-22-25-19(27-28(20)22)11-17(29)14-7-9-15(23)10-8-14/h3-10,12-13,24H,11H2,1-2H3,(H,25,26,27,30). The number of hydrogen-bond donors (Lipinski definition) is 2. The van der Waals surface area contributed by atoms with Crippen molar-refractivity contribution in [2.75, 3.05) is 5.32 Å². The Kier molecular flexibility index (Phi) is 5.81. The summed E-state index contributed by atoms with van der Waals surface area (Å²) in [6.45, 7) is 3.17. The molecule has 2 aromatic heterocycles. The number of carbonyl (C=O) groups excluding carboxylic acids is 1. The Bertz CT molecular complexity index is 1510. The fourth-order valence-corrected chi connectivity index (χ4v) is 4.40. The molecule has 170 valence electrons. The van der Waals surface area contributed by atoms with E-state index in [1.165, 1.54) is 40.9 Å². The molecule has 0 fully saturated rings. The minimum Gasteiger partial charge on any atom is -0.339 e. The molecule has 0 unspecified atom stereocenters. The molecule has 9 nitrogen and oxygen atoms in total. The van der Waals surface area contributed by atoms with Crippen molar-refractivity contribution in [2.24, 2.45) is 0 Å². The van der Waals surface area contributed by atoms with E-state index < -0.39 is 26.5 Å². The number of nitrogens with one attached hydrogen (secondary N) is 2. The third-order valence-electron chi connectivity index (χ3n) is 4.95. The summed E-state index contributed by atoms with van der Waals surface area (Å²) in [7, 11) is -3.60. The van der Waals surface area contributed by atoms with Crippen LogP contribution in [0.3, 0.4) is 0 Å². The molecule has 4 aromatic rings. The van der Waals surface area contributed by atoms with Crippen molar-refractivity contribution in [1.82, 2.24) is 19.6 Å². The number of para-hydroxylation sites is 1. The van der Waals surface area contributed by atoms with Crippen LogP contribution in [0.2, 0.25) is 0 Å². The molecule has 0 bridgehead atoms. The summed E-state index contributed by atoms with van der Waals surface area (Å²) in [5.41, 5.74) is 0.00444. The van der Waals surface area contributed by atoms with Crippen molar-refractivity contribution in [3.8, 4) is 0 Å². The van der Waals surface area contributed by atoms with E-state index in [1.807, 2.05) is 0 Å². The highest BCUT2D eigenvalue weighted by atomic mass is 32.2. The lowest BCUT2D eigenvalue weighted by molar-refractivity contribution is 0.0991. The van der Waals surface area contributed by atoms with Gasteiger partial charge in [0.15, 0.2) is 15.6 Å². The van der Waals surface area contributed by atoms with Crippen LogP contribution in [0.4, 0.5) is 15.9 Å². The Morgan fingerprint density at radius 1 is 1.15 bits per heavy atom. The van der Waals surface area contributed by atoms with Gasteiger partial charge in [-0.05, 0) is 50.2 Å². The third-order valence-corrected chi connectivity index (χ3v) is 7.16. The van der Waals surface area contributed by atoms with Crippen LogP contribution in [0.15, 0.2) is 64.3 Å². The molecule has 2 heterocycles. The summed E-state index contributed by atoms with van der Waals surface area (Å²) in [5.74, 6) is -0.272. The van der Waals surface area contributed by atoms with Crippen LogP contribution in [-0.4, -0.2) is 39.0 Å². The second-order valence-corrected chi connectivity index (χ2v) is 10.1. The molecule has 0 aliphatic heterocycles. The Hall–Kier alpha value is -3.86. The molecule has 0 saturated carbocycles. The molecule has 4 rings (SSSR count). The molecule has 0 aliphatic rings. The number of H-pyrrole nitrogens is 1. The van der Waals surface area contributed by atoms with Crippen molar-refractivity contribution < 1.29 is 17.6 Å². The quantitative estimate of drug-likeness (QED) is 0.399. The Morgan fingerprint density at radius 3 is 2.55 bits per heavy atom. The molecule has 33 heavy (non-hydrogen) atoms. The fraction of sp³-hybridized carbons (Fsp3) is 0.182. The molecule has 0 spiro atoms. The summed E-state index contributed by atoms with van der Waals surface area (Å²) in [6.07, 6.45) is -0.138. The van der Waals surface area contributed by atoms with Gasteiger partial charge < -0.3 is 10.3 Å². The van der Waals surface area contributed by atoms with Gasteiger partial charge in [-0.25, -0.2) is 12.8 Å². The number of anilines is 2. The average Bonchev–Trinajstić information content (AvgIpc) is 3.16. The molecule has 0 aliphatic carbocycles. The van der Waals surface area contributed by atoms with Gasteiger partial charge in [-0.2, -0.15) is 9.50 Å². The second kappa shape index (κ2) is 8.58. The van der Waals surface area contributed by atoms with Gasteiger partial charge in [0.05, 0.1) is 22.3 Å². The van der Waals surface area contributed by atoms with E-state index in [4.69, 9.17) is 0 Å². The van der Waals surface area contributed by atoms with E-state index >= 15 is 0 Å². The molecule has 11 heteroatoms. The number of aromatic nitrogens is 4. The number of nitrogens with zero attached hydrogens (tertiary/aromatic N) is 3. The van der Waals surface area contributed by atoms with Gasteiger partial charge in [-0.3, -0.25) is 9.59 Å². The van der Waals surface area contributed by atoms with Crippen LogP contribution in [0.1, 0.15) is 30.0 Å². The normalized spacial score (nSPS) is 11.8. The van der Waals surface area contributed by atoms with Gasteiger partial charge in [0.1, 0.15) is 17.5 Å². The highest BCUT2D eigenvalue weighted by Gasteiger charge is 2.23. The maximum atomic E-state index is 13.1. The Labute approximate surface area is 188 Å². The van der Waals surface area contributed by atoms with Crippen LogP contribution in [-0.2, 0) is 16.3 Å². The SMILES string of the molecule is CC(C)S(=O)(=O)c1ccccc1Nc1cc(=O)nc2[nH]c(CC(=O)c3ccc(F)cc3)nn12. The van der Waals surface area contributed by atoms with Crippen molar-refractivity contribution in [3.05, 3.63) is 82.2 Å². The number of benzene rings is 2. The minimum atomic E-state index is -3.60.